The van der Waals surface area contributed by atoms with E-state index in [0.29, 0.717) is 18.0 Å². The van der Waals surface area contributed by atoms with Gasteiger partial charge in [-0.15, -0.1) is 0 Å². The van der Waals surface area contributed by atoms with Crippen molar-refractivity contribution in [2.45, 2.75) is 58.5 Å². The monoisotopic (exact) mass is 459 g/mol. The molecule has 0 aromatic carbocycles. The van der Waals surface area contributed by atoms with E-state index in [1.807, 2.05) is 10.7 Å². The Hall–Kier alpha value is -2.97. The highest BCUT2D eigenvalue weighted by molar-refractivity contribution is 5.95. The van der Waals surface area contributed by atoms with Gasteiger partial charge in [0, 0.05) is 41.8 Å². The van der Waals surface area contributed by atoms with E-state index in [1.54, 1.807) is 6.33 Å². The topological polar surface area (TPSA) is 83.4 Å². The number of pyridine rings is 2. The quantitative estimate of drug-likeness (QED) is 0.470. The Morgan fingerprint density at radius 3 is 2.62 bits per heavy atom. The van der Waals surface area contributed by atoms with Gasteiger partial charge in [-0.1, -0.05) is 13.8 Å². The molecule has 0 bridgehead atoms. The largest absolute Gasteiger partial charge is 0.378 e. The minimum atomic E-state index is 0.365. The van der Waals surface area contributed by atoms with Crippen molar-refractivity contribution < 1.29 is 4.74 Å². The van der Waals surface area contributed by atoms with Crippen LogP contribution in [0.15, 0.2) is 24.8 Å². The molecule has 0 saturated carbocycles. The SMILES string of the molecule is Cc1c(N2CCC(NC3COC3)CC2)ncc2[nH]c(-c3cc(C)c4ncnn4c3)c(C(C)C)c12. The molecule has 34 heavy (non-hydrogen) atoms. The highest BCUT2D eigenvalue weighted by atomic mass is 16.5. The van der Waals surface area contributed by atoms with Crippen LogP contribution in [-0.2, 0) is 4.74 Å². The van der Waals surface area contributed by atoms with Gasteiger partial charge < -0.3 is 19.9 Å². The van der Waals surface area contributed by atoms with Gasteiger partial charge in [-0.25, -0.2) is 14.5 Å². The first-order chi connectivity index (χ1) is 16.5. The van der Waals surface area contributed by atoms with Crippen LogP contribution in [0, 0.1) is 13.8 Å². The van der Waals surface area contributed by atoms with Crippen LogP contribution in [0.4, 0.5) is 5.82 Å². The van der Waals surface area contributed by atoms with Crippen LogP contribution in [0.1, 0.15) is 49.3 Å². The van der Waals surface area contributed by atoms with Crippen molar-refractivity contribution in [3.8, 4) is 11.3 Å². The number of anilines is 1. The molecule has 4 aromatic rings. The Morgan fingerprint density at radius 1 is 1.12 bits per heavy atom. The summed E-state index contributed by atoms with van der Waals surface area (Å²) in [5, 5.41) is 9.43. The highest BCUT2D eigenvalue weighted by Crippen LogP contribution is 2.39. The van der Waals surface area contributed by atoms with Crippen LogP contribution in [0.3, 0.4) is 0 Å². The Morgan fingerprint density at radius 2 is 1.91 bits per heavy atom. The zero-order valence-corrected chi connectivity index (χ0v) is 20.4. The van der Waals surface area contributed by atoms with Crippen LogP contribution < -0.4 is 10.2 Å². The van der Waals surface area contributed by atoms with Gasteiger partial charge in [0.05, 0.1) is 36.7 Å². The molecular formula is C26H33N7O. The minimum absolute atomic E-state index is 0.365. The maximum Gasteiger partial charge on any atom is 0.158 e. The molecule has 178 valence electrons. The van der Waals surface area contributed by atoms with E-state index < -0.39 is 0 Å². The summed E-state index contributed by atoms with van der Waals surface area (Å²) in [6.07, 6.45) is 7.98. The van der Waals surface area contributed by atoms with Gasteiger partial charge in [-0.2, -0.15) is 5.10 Å². The summed E-state index contributed by atoms with van der Waals surface area (Å²) in [6.45, 7) is 12.6. The lowest BCUT2D eigenvalue weighted by molar-refractivity contribution is -0.0111. The summed E-state index contributed by atoms with van der Waals surface area (Å²) >= 11 is 0. The first kappa shape index (κ1) is 21.6. The van der Waals surface area contributed by atoms with E-state index in [1.165, 1.54) is 16.5 Å². The first-order valence-corrected chi connectivity index (χ1v) is 12.4. The van der Waals surface area contributed by atoms with Crippen LogP contribution in [-0.4, -0.2) is 63.0 Å². The van der Waals surface area contributed by atoms with Crippen LogP contribution >= 0.6 is 0 Å². The van der Waals surface area contributed by atoms with Crippen LogP contribution in [0.5, 0.6) is 0 Å². The second kappa shape index (κ2) is 8.36. The molecule has 8 nitrogen and oxygen atoms in total. The third-order valence-corrected chi connectivity index (χ3v) is 7.42. The molecule has 8 heteroatoms. The lowest BCUT2D eigenvalue weighted by atomic mass is 9.94. The van der Waals surface area contributed by atoms with E-state index >= 15 is 0 Å². The summed E-state index contributed by atoms with van der Waals surface area (Å²) in [6, 6.07) is 3.32. The number of aromatic amines is 1. The van der Waals surface area contributed by atoms with E-state index in [4.69, 9.17) is 9.72 Å². The molecule has 2 aliphatic rings. The average molecular weight is 460 g/mol. The zero-order valence-electron chi connectivity index (χ0n) is 20.4. The third-order valence-electron chi connectivity index (χ3n) is 7.42. The maximum atomic E-state index is 5.32. The molecule has 2 N–H and O–H groups in total. The lowest BCUT2D eigenvalue weighted by Gasteiger charge is -2.37. The summed E-state index contributed by atoms with van der Waals surface area (Å²) in [4.78, 5) is 15.5. The average Bonchev–Trinajstić information content (AvgIpc) is 3.42. The number of fused-ring (bicyclic) bond motifs is 2. The number of ether oxygens (including phenoxy) is 1. The number of H-pyrrole nitrogens is 1. The molecule has 0 amide bonds. The summed E-state index contributed by atoms with van der Waals surface area (Å²) < 4.78 is 7.18. The third kappa shape index (κ3) is 3.56. The number of nitrogens with zero attached hydrogens (tertiary/aromatic N) is 5. The van der Waals surface area contributed by atoms with Gasteiger partial charge in [0.2, 0.25) is 0 Å². The molecule has 2 aliphatic heterocycles. The summed E-state index contributed by atoms with van der Waals surface area (Å²) in [5.74, 6) is 1.48. The van der Waals surface area contributed by atoms with E-state index in [2.05, 4.69) is 65.2 Å². The number of aryl methyl sites for hydroxylation is 2. The van der Waals surface area contributed by atoms with Gasteiger partial charge in [-0.05, 0) is 49.8 Å². The minimum Gasteiger partial charge on any atom is -0.378 e. The predicted molar refractivity (Wildman–Crippen MR) is 135 cm³/mol. The number of hydrogen-bond acceptors (Lipinski definition) is 6. The fourth-order valence-electron chi connectivity index (χ4n) is 5.65. The van der Waals surface area contributed by atoms with Crippen molar-refractivity contribution in [3.63, 3.8) is 0 Å². The number of aromatic nitrogens is 5. The number of hydrogen-bond donors (Lipinski definition) is 2. The Bertz CT molecular complexity index is 1340. The summed E-state index contributed by atoms with van der Waals surface area (Å²) in [7, 11) is 0. The molecule has 2 fully saturated rings. The van der Waals surface area contributed by atoms with Gasteiger partial charge >= 0.3 is 0 Å². The van der Waals surface area contributed by atoms with Crippen molar-refractivity contribution in [2.75, 3.05) is 31.2 Å². The molecule has 0 atom stereocenters. The van der Waals surface area contributed by atoms with E-state index in [9.17, 15) is 0 Å². The maximum absolute atomic E-state index is 5.32. The van der Waals surface area contributed by atoms with Crippen molar-refractivity contribution in [2.24, 2.45) is 0 Å². The van der Waals surface area contributed by atoms with Crippen molar-refractivity contribution in [1.29, 1.82) is 0 Å². The fraction of sp³-hybridized carbons (Fsp3) is 0.500. The molecule has 6 heterocycles. The molecule has 0 aliphatic carbocycles. The second-order valence-electron chi connectivity index (χ2n) is 10.2. The Labute approximate surface area is 199 Å². The van der Waals surface area contributed by atoms with Crippen LogP contribution in [0.25, 0.3) is 27.8 Å². The van der Waals surface area contributed by atoms with Crippen molar-refractivity contribution in [1.82, 2.24) is 29.9 Å². The molecule has 0 unspecified atom stereocenters. The smallest absolute Gasteiger partial charge is 0.158 e. The zero-order chi connectivity index (χ0) is 23.4. The molecule has 4 aromatic heterocycles. The lowest BCUT2D eigenvalue weighted by Crippen LogP contribution is -2.53. The van der Waals surface area contributed by atoms with Gasteiger partial charge in [0.15, 0.2) is 5.65 Å². The molecule has 0 radical (unpaired) electrons. The number of rotatable bonds is 5. The first-order valence-electron chi connectivity index (χ1n) is 12.4. The highest BCUT2D eigenvalue weighted by Gasteiger charge is 2.27. The van der Waals surface area contributed by atoms with Crippen molar-refractivity contribution >= 4 is 22.4 Å². The van der Waals surface area contributed by atoms with Gasteiger partial charge in [0.1, 0.15) is 12.1 Å². The second-order valence-corrected chi connectivity index (χ2v) is 10.2. The fourth-order valence-corrected chi connectivity index (χ4v) is 5.65. The summed E-state index contributed by atoms with van der Waals surface area (Å²) in [5.41, 5.74) is 7.99. The standard InChI is InChI=1S/C26H33N7O/c1-15(2)22-23-17(4)26(32-7-5-19(6-8-32)30-20-12-34-13-20)27-10-21(23)31-24(22)18-9-16(3)25-28-14-29-33(25)11-18/h9-11,14-15,19-20,30-31H,5-8,12-13H2,1-4H3. The van der Waals surface area contributed by atoms with E-state index in [-0.39, 0.29) is 0 Å². The predicted octanol–water partition coefficient (Wildman–Crippen LogP) is 3.97. The Balaban J connectivity index is 1.36. The van der Waals surface area contributed by atoms with Gasteiger partial charge in [0.25, 0.3) is 0 Å². The molecule has 6 rings (SSSR count). The normalized spacial score (nSPS) is 17.9. The van der Waals surface area contributed by atoms with Crippen LogP contribution in [0.2, 0.25) is 0 Å². The van der Waals surface area contributed by atoms with Crippen molar-refractivity contribution in [3.05, 3.63) is 41.5 Å². The number of piperidine rings is 1. The number of nitrogens with one attached hydrogen (secondary N) is 2. The van der Waals surface area contributed by atoms with Gasteiger partial charge in [-0.3, -0.25) is 0 Å². The molecular weight excluding hydrogens is 426 g/mol. The molecule has 2 saturated heterocycles. The van der Waals surface area contributed by atoms with E-state index in [0.717, 1.165) is 72.9 Å². The Kier molecular flexibility index (Phi) is 5.30. The molecule has 0 spiro atoms.